The van der Waals surface area contributed by atoms with Gasteiger partial charge in [-0.25, -0.2) is 18.4 Å². The molecule has 0 saturated carbocycles. The predicted octanol–water partition coefficient (Wildman–Crippen LogP) is 1.30. The molecule has 0 radical (unpaired) electrons. The zero-order valence-corrected chi connectivity index (χ0v) is 8.51. The highest BCUT2D eigenvalue weighted by Crippen LogP contribution is 2.11. The second kappa shape index (κ2) is 5.43. The van der Waals surface area contributed by atoms with E-state index in [-0.39, 0.29) is 5.57 Å². The summed E-state index contributed by atoms with van der Waals surface area (Å²) in [6, 6.07) is 0. The Labute approximate surface area is 85.9 Å². The van der Waals surface area contributed by atoms with Crippen LogP contribution in [0.4, 0.5) is 8.78 Å². The molecular formula is C9H12F2O4. The van der Waals surface area contributed by atoms with Gasteiger partial charge in [0.25, 0.3) is 5.92 Å². The van der Waals surface area contributed by atoms with E-state index in [4.69, 9.17) is 0 Å². The number of halogens is 2. The molecule has 0 unspecified atom stereocenters. The Morgan fingerprint density at radius 1 is 1.33 bits per heavy atom. The Hall–Kier alpha value is -1.46. The zero-order valence-electron chi connectivity index (χ0n) is 8.51. The van der Waals surface area contributed by atoms with Crippen molar-refractivity contribution in [3.8, 4) is 0 Å². The highest BCUT2D eigenvalue weighted by atomic mass is 19.3. The Morgan fingerprint density at radius 3 is 2.27 bits per heavy atom. The van der Waals surface area contributed by atoms with Gasteiger partial charge in [0.15, 0.2) is 13.2 Å². The molecule has 0 bridgehead atoms. The van der Waals surface area contributed by atoms with Crippen LogP contribution < -0.4 is 0 Å². The first-order valence-corrected chi connectivity index (χ1v) is 4.08. The van der Waals surface area contributed by atoms with E-state index in [0.29, 0.717) is 6.92 Å². The van der Waals surface area contributed by atoms with E-state index < -0.39 is 31.1 Å². The Bertz CT molecular complexity index is 268. The first-order valence-electron chi connectivity index (χ1n) is 4.08. The summed E-state index contributed by atoms with van der Waals surface area (Å²) in [5.41, 5.74) is 0.114. The maximum Gasteiger partial charge on any atom is 0.344 e. The highest BCUT2D eigenvalue weighted by molar-refractivity contribution is 5.88. The second-order valence-corrected chi connectivity index (χ2v) is 3.09. The van der Waals surface area contributed by atoms with E-state index in [2.05, 4.69) is 16.1 Å². The van der Waals surface area contributed by atoms with Crippen molar-refractivity contribution in [2.75, 3.05) is 13.2 Å². The van der Waals surface area contributed by atoms with Crippen molar-refractivity contribution in [3.05, 3.63) is 12.2 Å². The van der Waals surface area contributed by atoms with Crippen LogP contribution >= 0.6 is 0 Å². The molecule has 15 heavy (non-hydrogen) atoms. The quantitative estimate of drug-likeness (QED) is 0.519. The van der Waals surface area contributed by atoms with Crippen LogP contribution in [0.25, 0.3) is 0 Å². The van der Waals surface area contributed by atoms with Gasteiger partial charge in [-0.15, -0.1) is 0 Å². The summed E-state index contributed by atoms with van der Waals surface area (Å²) in [5, 5.41) is 0. The molecule has 0 aromatic carbocycles. The van der Waals surface area contributed by atoms with Crippen LogP contribution in [0.5, 0.6) is 0 Å². The molecule has 0 aliphatic carbocycles. The molecule has 6 heteroatoms. The van der Waals surface area contributed by atoms with Crippen LogP contribution in [-0.4, -0.2) is 31.1 Å². The summed E-state index contributed by atoms with van der Waals surface area (Å²) < 4.78 is 32.9. The third-order valence-electron chi connectivity index (χ3n) is 1.16. The standard InChI is InChI=1S/C9H12F2O4/c1-6(2)8(13)14-4-7(12)15-5-9(3,10)11/h1,4-5H2,2-3H3. The van der Waals surface area contributed by atoms with E-state index >= 15 is 0 Å². The molecule has 0 amide bonds. The molecule has 0 fully saturated rings. The van der Waals surface area contributed by atoms with Crippen LogP contribution in [0.15, 0.2) is 12.2 Å². The van der Waals surface area contributed by atoms with Gasteiger partial charge in [-0.1, -0.05) is 6.58 Å². The number of hydrogen-bond donors (Lipinski definition) is 0. The number of hydrogen-bond acceptors (Lipinski definition) is 4. The van der Waals surface area contributed by atoms with Gasteiger partial charge < -0.3 is 9.47 Å². The molecule has 86 valence electrons. The topological polar surface area (TPSA) is 52.6 Å². The first-order chi connectivity index (χ1) is 6.72. The zero-order chi connectivity index (χ0) is 12.1. The molecule has 4 nitrogen and oxygen atoms in total. The number of alkyl halides is 2. The van der Waals surface area contributed by atoms with Crippen molar-refractivity contribution >= 4 is 11.9 Å². The van der Waals surface area contributed by atoms with Crippen molar-refractivity contribution < 1.29 is 27.8 Å². The minimum absolute atomic E-state index is 0.114. The lowest BCUT2D eigenvalue weighted by Crippen LogP contribution is -2.24. The van der Waals surface area contributed by atoms with E-state index in [0.717, 1.165) is 0 Å². The number of carbonyl (C=O) groups is 2. The monoisotopic (exact) mass is 222 g/mol. The summed E-state index contributed by atoms with van der Waals surface area (Å²) in [4.78, 5) is 21.5. The normalized spacial score (nSPS) is 10.7. The molecule has 0 saturated heterocycles. The fraction of sp³-hybridized carbons (Fsp3) is 0.556. The van der Waals surface area contributed by atoms with Crippen LogP contribution in [0, 0.1) is 0 Å². The van der Waals surface area contributed by atoms with E-state index in [9.17, 15) is 18.4 Å². The fourth-order valence-electron chi connectivity index (χ4n) is 0.497. The molecule has 0 aromatic rings. The SMILES string of the molecule is C=C(C)C(=O)OCC(=O)OCC(C)(F)F. The Kier molecular flexibility index (Phi) is 4.90. The van der Waals surface area contributed by atoms with Gasteiger partial charge in [-0.3, -0.25) is 0 Å². The van der Waals surface area contributed by atoms with E-state index in [1.165, 1.54) is 6.92 Å². The van der Waals surface area contributed by atoms with Gasteiger partial charge in [-0.05, 0) is 6.92 Å². The summed E-state index contributed by atoms with van der Waals surface area (Å²) in [6.07, 6.45) is 0. The van der Waals surface area contributed by atoms with Gasteiger partial charge in [0, 0.05) is 12.5 Å². The van der Waals surface area contributed by atoms with Gasteiger partial charge in [0.1, 0.15) is 0 Å². The molecule has 0 aromatic heterocycles. The maximum absolute atomic E-state index is 12.2. The third kappa shape index (κ3) is 7.60. The summed E-state index contributed by atoms with van der Waals surface area (Å²) in [7, 11) is 0. The third-order valence-corrected chi connectivity index (χ3v) is 1.16. The molecular weight excluding hydrogens is 210 g/mol. The van der Waals surface area contributed by atoms with Crippen LogP contribution in [0.3, 0.4) is 0 Å². The summed E-state index contributed by atoms with van der Waals surface area (Å²) >= 11 is 0. The largest absolute Gasteiger partial charge is 0.457 e. The van der Waals surface area contributed by atoms with Crippen molar-refractivity contribution in [1.29, 1.82) is 0 Å². The lowest BCUT2D eigenvalue weighted by atomic mass is 10.4. The minimum atomic E-state index is -3.09. The predicted molar refractivity (Wildman–Crippen MR) is 47.4 cm³/mol. The lowest BCUT2D eigenvalue weighted by molar-refractivity contribution is -0.163. The number of rotatable bonds is 5. The highest BCUT2D eigenvalue weighted by Gasteiger charge is 2.23. The average molecular weight is 222 g/mol. The van der Waals surface area contributed by atoms with Crippen molar-refractivity contribution in [3.63, 3.8) is 0 Å². The van der Waals surface area contributed by atoms with E-state index in [1.54, 1.807) is 0 Å². The molecule has 0 rings (SSSR count). The Morgan fingerprint density at radius 2 is 1.87 bits per heavy atom. The van der Waals surface area contributed by atoms with Gasteiger partial charge in [0.05, 0.1) is 0 Å². The molecule has 0 spiro atoms. The smallest absolute Gasteiger partial charge is 0.344 e. The second-order valence-electron chi connectivity index (χ2n) is 3.09. The van der Waals surface area contributed by atoms with Crippen LogP contribution in [-0.2, 0) is 19.1 Å². The Balaban J connectivity index is 3.77. The van der Waals surface area contributed by atoms with Crippen molar-refractivity contribution in [2.24, 2.45) is 0 Å². The van der Waals surface area contributed by atoms with Gasteiger partial charge >= 0.3 is 11.9 Å². The molecule has 0 aliphatic heterocycles. The first kappa shape index (κ1) is 13.5. The van der Waals surface area contributed by atoms with Gasteiger partial charge in [0.2, 0.25) is 0 Å². The van der Waals surface area contributed by atoms with E-state index in [1.807, 2.05) is 0 Å². The van der Waals surface area contributed by atoms with Gasteiger partial charge in [-0.2, -0.15) is 0 Å². The molecule has 0 N–H and O–H groups in total. The lowest BCUT2D eigenvalue weighted by Gasteiger charge is -2.10. The molecule has 0 aliphatic rings. The van der Waals surface area contributed by atoms with Crippen LogP contribution in [0.2, 0.25) is 0 Å². The minimum Gasteiger partial charge on any atom is -0.457 e. The fourth-order valence-corrected chi connectivity index (χ4v) is 0.497. The van der Waals surface area contributed by atoms with Crippen LogP contribution in [0.1, 0.15) is 13.8 Å². The maximum atomic E-state index is 12.2. The number of ether oxygens (including phenoxy) is 2. The average Bonchev–Trinajstić information content (AvgIpc) is 2.09. The summed E-state index contributed by atoms with van der Waals surface area (Å²) in [6.45, 7) is 3.56. The number of carbonyl (C=O) groups excluding carboxylic acids is 2. The molecule has 0 heterocycles. The molecule has 0 atom stereocenters. The number of esters is 2. The van der Waals surface area contributed by atoms with Crippen molar-refractivity contribution in [1.82, 2.24) is 0 Å². The van der Waals surface area contributed by atoms with Crippen molar-refractivity contribution in [2.45, 2.75) is 19.8 Å². The summed E-state index contributed by atoms with van der Waals surface area (Å²) in [5.74, 6) is -4.88.